The van der Waals surface area contributed by atoms with E-state index in [-0.39, 0.29) is 0 Å². The number of fused-ring (bicyclic) bond motifs is 4. The second-order valence-electron chi connectivity index (χ2n) is 12.9. The summed E-state index contributed by atoms with van der Waals surface area (Å²) in [5, 5.41) is 0. The van der Waals surface area contributed by atoms with Gasteiger partial charge >= 0.3 is 0 Å². The van der Waals surface area contributed by atoms with Gasteiger partial charge in [-0.2, -0.15) is 0 Å². The van der Waals surface area contributed by atoms with E-state index >= 15 is 0 Å². The molecule has 5 aliphatic rings. The maximum atomic E-state index is 6.26. The summed E-state index contributed by atoms with van der Waals surface area (Å²) in [6, 6.07) is 31.5. The highest BCUT2D eigenvalue weighted by molar-refractivity contribution is 6.50. The number of nitrogen functional groups attached to an aromatic ring is 4. The van der Waals surface area contributed by atoms with E-state index in [1.807, 2.05) is 140 Å². The SMILES string of the molecule is Nc1ccc(C2=CC3=CC4=NC(=CC5=NC(=CC6=NC(=C(c7ccc(N)cc7)C2=N3)C(c2ccc(N)cc2)=C6c2ccc(N)cc2)C=C5)C=C4)cc1. The molecule has 5 aliphatic heterocycles. The van der Waals surface area contributed by atoms with Crippen LogP contribution in [-0.4, -0.2) is 22.8 Å². The third kappa shape index (κ3) is 5.64. The van der Waals surface area contributed by atoms with Crippen LogP contribution in [0.15, 0.2) is 188 Å². The molecule has 8 nitrogen and oxygen atoms in total. The van der Waals surface area contributed by atoms with E-state index in [1.54, 1.807) is 0 Å². The first kappa shape index (κ1) is 30.7. The molecule has 0 aliphatic carbocycles. The second kappa shape index (κ2) is 12.2. The fourth-order valence-corrected chi connectivity index (χ4v) is 6.81. The molecule has 248 valence electrons. The minimum atomic E-state index is 0.652. The number of aliphatic imine (C=N–C) groups is 4. The van der Waals surface area contributed by atoms with E-state index < -0.39 is 0 Å². The molecule has 0 aromatic heterocycles. The van der Waals surface area contributed by atoms with Gasteiger partial charge in [-0.15, -0.1) is 0 Å². The molecule has 8 N–H and O–H groups in total. The number of allylic oxidation sites excluding steroid dienone is 12. The maximum absolute atomic E-state index is 6.26. The topological polar surface area (TPSA) is 154 Å². The number of anilines is 4. The van der Waals surface area contributed by atoms with Crippen molar-refractivity contribution in [3.05, 3.63) is 191 Å². The molecule has 0 spiro atoms. The smallest absolute Gasteiger partial charge is 0.0822 e. The van der Waals surface area contributed by atoms with E-state index in [4.69, 9.17) is 42.9 Å². The largest absolute Gasteiger partial charge is 0.399 e. The molecule has 4 aromatic rings. The molecule has 0 amide bonds. The molecule has 8 heteroatoms. The Balaban J connectivity index is 1.43. The third-order valence-electron chi connectivity index (χ3n) is 9.30. The zero-order valence-corrected chi connectivity index (χ0v) is 28.0. The van der Waals surface area contributed by atoms with Crippen molar-refractivity contribution in [2.75, 3.05) is 22.9 Å². The fourth-order valence-electron chi connectivity index (χ4n) is 6.81. The van der Waals surface area contributed by atoms with Gasteiger partial charge in [-0.05, 0) is 119 Å². The third-order valence-corrected chi connectivity index (χ3v) is 9.30. The Morgan fingerprint density at radius 1 is 0.346 bits per heavy atom. The minimum absolute atomic E-state index is 0.652. The van der Waals surface area contributed by atoms with Crippen LogP contribution in [0.4, 0.5) is 22.7 Å². The van der Waals surface area contributed by atoms with Gasteiger partial charge in [0.1, 0.15) is 0 Å². The van der Waals surface area contributed by atoms with Gasteiger partial charge in [-0.25, -0.2) is 20.0 Å². The van der Waals surface area contributed by atoms with E-state index in [2.05, 4.69) is 6.08 Å². The van der Waals surface area contributed by atoms with Crippen molar-refractivity contribution in [2.45, 2.75) is 0 Å². The van der Waals surface area contributed by atoms with Gasteiger partial charge < -0.3 is 22.9 Å². The lowest BCUT2D eigenvalue weighted by Crippen LogP contribution is -2.07. The van der Waals surface area contributed by atoms with Gasteiger partial charge in [0.2, 0.25) is 0 Å². The van der Waals surface area contributed by atoms with Gasteiger partial charge in [-0.3, -0.25) is 0 Å². The van der Waals surface area contributed by atoms with Crippen molar-refractivity contribution in [3.8, 4) is 0 Å². The average molecular weight is 673 g/mol. The first-order valence-corrected chi connectivity index (χ1v) is 16.9. The highest BCUT2D eigenvalue weighted by atomic mass is 14.9. The normalized spacial score (nSPS) is 17.4. The minimum Gasteiger partial charge on any atom is -0.399 e. The number of hydrogen-bond donors (Lipinski definition) is 4. The lowest BCUT2D eigenvalue weighted by atomic mass is 9.85. The van der Waals surface area contributed by atoms with Crippen molar-refractivity contribution in [2.24, 2.45) is 20.0 Å². The van der Waals surface area contributed by atoms with Crippen LogP contribution in [0.1, 0.15) is 22.3 Å². The Morgan fingerprint density at radius 3 is 1.33 bits per heavy atom. The zero-order valence-electron chi connectivity index (χ0n) is 28.0. The quantitative estimate of drug-likeness (QED) is 0.162. The molecule has 4 aromatic carbocycles. The summed E-state index contributed by atoms with van der Waals surface area (Å²) < 4.78 is 0. The van der Waals surface area contributed by atoms with Crippen molar-refractivity contribution in [1.82, 2.24) is 0 Å². The van der Waals surface area contributed by atoms with Crippen molar-refractivity contribution in [1.29, 1.82) is 0 Å². The summed E-state index contributed by atoms with van der Waals surface area (Å²) in [6.45, 7) is 0. The van der Waals surface area contributed by atoms with E-state index in [0.29, 0.717) is 22.7 Å². The van der Waals surface area contributed by atoms with Crippen LogP contribution in [-0.2, 0) is 0 Å². The second-order valence-corrected chi connectivity index (χ2v) is 12.9. The van der Waals surface area contributed by atoms with Gasteiger partial charge in [0, 0.05) is 45.0 Å². The van der Waals surface area contributed by atoms with Crippen LogP contribution in [0.25, 0.3) is 22.3 Å². The van der Waals surface area contributed by atoms with Crippen LogP contribution in [0, 0.1) is 0 Å². The number of hydrogen-bond acceptors (Lipinski definition) is 8. The average Bonchev–Trinajstić information content (AvgIpc) is 3.95. The molecule has 0 atom stereocenters. The standard InChI is InChI=1S/C44H32N8/c45-29-9-1-25(2-10-29)38-23-37-22-35-18-17-33(49-35)21-34-19-20-36(50-34)24-39-40(26-3-11-30(46)12-4-26)41(27-5-13-31(47)14-6-27)44(52-39)42(43(38)51-37)28-7-15-32(48)16-8-28/h1-24H,45-48H2. The molecule has 52 heavy (non-hydrogen) atoms. The van der Waals surface area contributed by atoms with E-state index in [0.717, 1.165) is 90.2 Å². The molecule has 0 unspecified atom stereocenters. The predicted octanol–water partition coefficient (Wildman–Crippen LogP) is 8.02. The van der Waals surface area contributed by atoms with Crippen LogP contribution in [0.3, 0.4) is 0 Å². The molecule has 0 saturated carbocycles. The Labute approximate surface area is 300 Å². The number of nitrogens with two attached hydrogens (primary N) is 4. The summed E-state index contributed by atoms with van der Waals surface area (Å²) >= 11 is 0. The van der Waals surface area contributed by atoms with Crippen molar-refractivity contribution < 1.29 is 0 Å². The molecule has 0 saturated heterocycles. The Bertz CT molecular complexity index is 2580. The molecule has 9 rings (SSSR count). The summed E-state index contributed by atoms with van der Waals surface area (Å²) in [6.07, 6.45) is 16.1. The summed E-state index contributed by atoms with van der Waals surface area (Å²) in [7, 11) is 0. The van der Waals surface area contributed by atoms with Crippen LogP contribution < -0.4 is 22.9 Å². The Kier molecular flexibility index (Phi) is 7.22. The highest BCUT2D eigenvalue weighted by Crippen LogP contribution is 2.46. The van der Waals surface area contributed by atoms with Gasteiger partial charge in [-0.1, -0.05) is 48.5 Å². The van der Waals surface area contributed by atoms with Gasteiger partial charge in [0.05, 0.1) is 45.6 Å². The first-order valence-electron chi connectivity index (χ1n) is 16.9. The first-order chi connectivity index (χ1) is 25.3. The lowest BCUT2D eigenvalue weighted by molar-refractivity contribution is 1.41. The van der Waals surface area contributed by atoms with Crippen molar-refractivity contribution in [3.63, 3.8) is 0 Å². The number of nitrogens with zero attached hydrogens (tertiary/aromatic N) is 4. The highest BCUT2D eigenvalue weighted by Gasteiger charge is 2.33. The zero-order chi connectivity index (χ0) is 35.3. The van der Waals surface area contributed by atoms with Crippen LogP contribution in [0.2, 0.25) is 0 Å². The van der Waals surface area contributed by atoms with E-state index in [1.165, 1.54) is 0 Å². The maximum Gasteiger partial charge on any atom is 0.0822 e. The van der Waals surface area contributed by atoms with E-state index in [9.17, 15) is 0 Å². The fraction of sp³-hybridized carbons (Fsp3) is 0. The Hall–Kier alpha value is -7.32. The van der Waals surface area contributed by atoms with Gasteiger partial charge in [0.25, 0.3) is 0 Å². The molecular formula is C44H32N8. The molecular weight excluding hydrogens is 641 g/mol. The summed E-state index contributed by atoms with van der Waals surface area (Å²) in [4.78, 5) is 20.7. The number of rotatable bonds is 4. The molecule has 8 bridgehead atoms. The lowest BCUT2D eigenvalue weighted by Gasteiger charge is -2.18. The predicted molar refractivity (Wildman–Crippen MR) is 217 cm³/mol. The van der Waals surface area contributed by atoms with Crippen LogP contribution >= 0.6 is 0 Å². The molecule has 0 fully saturated rings. The summed E-state index contributed by atoms with van der Waals surface area (Å²) in [5.74, 6) is 0. The van der Waals surface area contributed by atoms with Crippen LogP contribution in [0.5, 0.6) is 0 Å². The Morgan fingerprint density at radius 2 is 0.788 bits per heavy atom. The number of benzene rings is 4. The van der Waals surface area contributed by atoms with Crippen molar-refractivity contribution >= 4 is 67.9 Å². The monoisotopic (exact) mass is 672 g/mol. The summed E-state index contributed by atoms with van der Waals surface area (Å²) in [5.41, 5.74) is 41.1. The van der Waals surface area contributed by atoms with Gasteiger partial charge in [0.15, 0.2) is 0 Å². The molecule has 0 radical (unpaired) electrons. The molecule has 5 heterocycles.